The summed E-state index contributed by atoms with van der Waals surface area (Å²) in [7, 11) is 1.60. The van der Waals surface area contributed by atoms with Crippen LogP contribution >= 0.6 is 27.7 Å². The number of amides is 2. The van der Waals surface area contributed by atoms with E-state index >= 15 is 0 Å². The van der Waals surface area contributed by atoms with Crippen molar-refractivity contribution < 1.29 is 14.3 Å². The van der Waals surface area contributed by atoms with Crippen molar-refractivity contribution in [3.8, 4) is 5.69 Å². The van der Waals surface area contributed by atoms with Crippen molar-refractivity contribution >= 4 is 44.9 Å². The second-order valence-electron chi connectivity index (χ2n) is 5.46. The molecule has 3 rings (SSSR count). The van der Waals surface area contributed by atoms with Gasteiger partial charge >= 0.3 is 0 Å². The molecule has 0 saturated carbocycles. The van der Waals surface area contributed by atoms with E-state index in [2.05, 4.69) is 15.9 Å². The summed E-state index contributed by atoms with van der Waals surface area (Å²) in [5.41, 5.74) is 1.84. The predicted octanol–water partition coefficient (Wildman–Crippen LogP) is 4.31. The van der Waals surface area contributed by atoms with Crippen LogP contribution in [0.4, 0.5) is 4.79 Å². The van der Waals surface area contributed by atoms with Crippen LogP contribution in [-0.2, 0) is 9.53 Å². The summed E-state index contributed by atoms with van der Waals surface area (Å²) in [6.45, 7) is 0.900. The largest absolute Gasteiger partial charge is 0.385 e. The molecule has 2 aromatic rings. The number of rotatable bonds is 6. The highest BCUT2D eigenvalue weighted by Crippen LogP contribution is 2.32. The van der Waals surface area contributed by atoms with E-state index in [1.54, 1.807) is 13.2 Å². The summed E-state index contributed by atoms with van der Waals surface area (Å²) in [5.74, 6) is -0.241. The van der Waals surface area contributed by atoms with Gasteiger partial charge in [0, 0.05) is 42.3 Å². The number of thioether (sulfide) groups is 1. The van der Waals surface area contributed by atoms with Gasteiger partial charge in [-0.3, -0.25) is 14.5 Å². The zero-order chi connectivity index (χ0) is 17.8. The van der Waals surface area contributed by atoms with Crippen molar-refractivity contribution in [2.45, 2.75) is 6.42 Å². The van der Waals surface area contributed by atoms with Gasteiger partial charge in [0.1, 0.15) is 0 Å². The lowest BCUT2D eigenvalue weighted by atomic mass is 10.3. The summed E-state index contributed by atoms with van der Waals surface area (Å²) in [5, 5.41) is -0.228. The molecule has 130 valence electrons. The summed E-state index contributed by atoms with van der Waals surface area (Å²) >= 11 is 4.41. The Bertz CT molecular complexity index is 814. The fourth-order valence-electron chi connectivity index (χ4n) is 2.54. The number of methoxy groups -OCH3 is 1. The number of aromatic nitrogens is 1. The zero-order valence-electron chi connectivity index (χ0n) is 13.6. The first-order valence-electron chi connectivity index (χ1n) is 7.78. The minimum Gasteiger partial charge on any atom is -0.385 e. The average molecular weight is 421 g/mol. The third-order valence-electron chi connectivity index (χ3n) is 3.77. The summed E-state index contributed by atoms with van der Waals surface area (Å²) in [6, 6.07) is 11.7. The third kappa shape index (κ3) is 4.05. The Kier molecular flexibility index (Phi) is 5.78. The van der Waals surface area contributed by atoms with Crippen molar-refractivity contribution in [1.29, 1.82) is 0 Å². The summed E-state index contributed by atoms with van der Waals surface area (Å²) < 4.78 is 7.96. The molecule has 0 N–H and O–H groups in total. The van der Waals surface area contributed by atoms with Crippen LogP contribution in [-0.4, -0.2) is 40.9 Å². The van der Waals surface area contributed by atoms with Gasteiger partial charge in [-0.25, -0.2) is 0 Å². The molecule has 0 unspecified atom stereocenters. The fraction of sp³-hybridized carbons (Fsp3) is 0.222. The SMILES string of the molecule is COCCCN1C(=O)S/C(=C/c2cccn2-c2ccc(Br)cc2)C1=O. The minimum atomic E-state index is -0.241. The first-order chi connectivity index (χ1) is 12.1. The maximum Gasteiger partial charge on any atom is 0.293 e. The molecular weight excluding hydrogens is 404 g/mol. The van der Waals surface area contributed by atoms with Crippen LogP contribution in [0.25, 0.3) is 11.8 Å². The Balaban J connectivity index is 1.82. The third-order valence-corrected chi connectivity index (χ3v) is 5.20. The quantitative estimate of drug-likeness (QED) is 0.515. The van der Waals surface area contributed by atoms with Crippen LogP contribution in [0.3, 0.4) is 0 Å². The second kappa shape index (κ2) is 8.03. The van der Waals surface area contributed by atoms with E-state index < -0.39 is 0 Å². The van der Waals surface area contributed by atoms with Crippen LogP contribution < -0.4 is 0 Å². The predicted molar refractivity (Wildman–Crippen MR) is 103 cm³/mol. The number of ether oxygens (including phenoxy) is 1. The molecule has 1 aliphatic rings. The number of halogens is 1. The monoisotopic (exact) mass is 420 g/mol. The lowest BCUT2D eigenvalue weighted by molar-refractivity contribution is -0.122. The molecular formula is C18H17BrN2O3S. The maximum absolute atomic E-state index is 12.5. The molecule has 1 aromatic carbocycles. The van der Waals surface area contributed by atoms with E-state index in [1.807, 2.05) is 47.2 Å². The van der Waals surface area contributed by atoms with E-state index in [1.165, 1.54) is 4.90 Å². The molecule has 2 heterocycles. The van der Waals surface area contributed by atoms with E-state index in [0.29, 0.717) is 24.5 Å². The second-order valence-corrected chi connectivity index (χ2v) is 7.37. The van der Waals surface area contributed by atoms with Gasteiger partial charge in [0.25, 0.3) is 11.1 Å². The topological polar surface area (TPSA) is 51.5 Å². The van der Waals surface area contributed by atoms with Crippen molar-refractivity contribution in [2.75, 3.05) is 20.3 Å². The molecule has 0 atom stereocenters. The highest BCUT2D eigenvalue weighted by molar-refractivity contribution is 9.10. The zero-order valence-corrected chi connectivity index (χ0v) is 16.0. The lowest BCUT2D eigenvalue weighted by Crippen LogP contribution is -2.29. The van der Waals surface area contributed by atoms with Gasteiger partial charge in [-0.2, -0.15) is 0 Å². The Hall–Kier alpha value is -1.83. The highest BCUT2D eigenvalue weighted by atomic mass is 79.9. The van der Waals surface area contributed by atoms with Crippen molar-refractivity contribution in [3.05, 3.63) is 57.7 Å². The molecule has 5 nitrogen and oxygen atoms in total. The number of imide groups is 1. The van der Waals surface area contributed by atoms with Gasteiger partial charge in [0.2, 0.25) is 0 Å². The molecule has 7 heteroatoms. The molecule has 1 aliphatic heterocycles. The number of benzene rings is 1. The van der Waals surface area contributed by atoms with Crippen molar-refractivity contribution in [3.63, 3.8) is 0 Å². The molecule has 0 spiro atoms. The number of hydrogen-bond donors (Lipinski definition) is 0. The van der Waals surface area contributed by atoms with Crippen molar-refractivity contribution in [2.24, 2.45) is 0 Å². The van der Waals surface area contributed by atoms with Crippen LogP contribution in [0.1, 0.15) is 12.1 Å². The Labute approximate surface area is 158 Å². The molecule has 1 saturated heterocycles. The number of nitrogens with zero attached hydrogens (tertiary/aromatic N) is 2. The van der Waals surface area contributed by atoms with Gasteiger partial charge in [0.05, 0.1) is 4.91 Å². The van der Waals surface area contributed by atoms with Crippen LogP contribution in [0, 0.1) is 0 Å². The summed E-state index contributed by atoms with van der Waals surface area (Å²) in [4.78, 5) is 26.3. The maximum atomic E-state index is 12.5. The van der Waals surface area contributed by atoms with Gasteiger partial charge in [-0.15, -0.1) is 0 Å². The average Bonchev–Trinajstić information content (AvgIpc) is 3.16. The Morgan fingerprint density at radius 1 is 1.20 bits per heavy atom. The Morgan fingerprint density at radius 3 is 2.68 bits per heavy atom. The number of carbonyl (C=O) groups is 2. The van der Waals surface area contributed by atoms with E-state index in [9.17, 15) is 9.59 Å². The summed E-state index contributed by atoms with van der Waals surface area (Å²) in [6.07, 6.45) is 4.33. The Morgan fingerprint density at radius 2 is 1.96 bits per heavy atom. The lowest BCUT2D eigenvalue weighted by Gasteiger charge is -2.11. The highest BCUT2D eigenvalue weighted by Gasteiger charge is 2.34. The smallest absolute Gasteiger partial charge is 0.293 e. The van der Waals surface area contributed by atoms with Crippen LogP contribution in [0.5, 0.6) is 0 Å². The van der Waals surface area contributed by atoms with Crippen LogP contribution in [0.15, 0.2) is 52.0 Å². The number of hydrogen-bond acceptors (Lipinski definition) is 4. The molecule has 0 radical (unpaired) electrons. The first kappa shape index (κ1) is 18.0. The molecule has 2 amide bonds. The molecule has 1 aromatic heterocycles. The van der Waals surface area contributed by atoms with E-state index in [4.69, 9.17) is 4.74 Å². The van der Waals surface area contributed by atoms with Gasteiger partial charge in [0.15, 0.2) is 0 Å². The molecule has 0 bridgehead atoms. The first-order valence-corrected chi connectivity index (χ1v) is 9.38. The van der Waals surface area contributed by atoms with E-state index in [0.717, 1.165) is 27.6 Å². The van der Waals surface area contributed by atoms with Gasteiger partial charge in [-0.1, -0.05) is 15.9 Å². The fourth-order valence-corrected chi connectivity index (χ4v) is 3.66. The van der Waals surface area contributed by atoms with Gasteiger partial charge in [-0.05, 0) is 60.7 Å². The van der Waals surface area contributed by atoms with Crippen molar-refractivity contribution in [1.82, 2.24) is 9.47 Å². The van der Waals surface area contributed by atoms with Crippen LogP contribution in [0.2, 0.25) is 0 Å². The standard InChI is InChI=1S/C18H17BrN2O3S/c1-24-11-3-10-21-17(22)16(25-18(21)23)12-15-4-2-9-20(15)14-7-5-13(19)6-8-14/h2,4-9,12H,3,10-11H2,1H3/b16-12+. The molecule has 1 fully saturated rings. The van der Waals surface area contributed by atoms with Gasteiger partial charge < -0.3 is 9.30 Å². The molecule has 0 aliphatic carbocycles. The normalized spacial score (nSPS) is 16.2. The minimum absolute atomic E-state index is 0.228. The molecule has 25 heavy (non-hydrogen) atoms. The number of carbonyl (C=O) groups excluding carboxylic acids is 2. The van der Waals surface area contributed by atoms with E-state index in [-0.39, 0.29) is 11.1 Å².